The number of halogens is 1. The van der Waals surface area contributed by atoms with E-state index in [0.29, 0.717) is 5.70 Å². The van der Waals surface area contributed by atoms with Crippen LogP contribution in [0.2, 0.25) is 0 Å². The molecule has 0 saturated carbocycles. The van der Waals surface area contributed by atoms with Crippen LogP contribution in [0.5, 0.6) is 0 Å². The van der Waals surface area contributed by atoms with Crippen LogP contribution in [0, 0.1) is 0 Å². The molecule has 2 N–H and O–H groups in total. The highest BCUT2D eigenvalue weighted by Crippen LogP contribution is 2.01. The van der Waals surface area contributed by atoms with Crippen molar-refractivity contribution >= 4 is 22.1 Å². The molecule has 2 nitrogen and oxygen atoms in total. The molecule has 0 heterocycles. The largest absolute Gasteiger partial charge is 0.399 e. The summed E-state index contributed by atoms with van der Waals surface area (Å²) < 4.78 is 0.831. The third kappa shape index (κ3) is 5.30. The predicted molar refractivity (Wildman–Crippen MR) is 44.8 cm³/mol. The van der Waals surface area contributed by atoms with Gasteiger partial charge in [0.25, 0.3) is 0 Å². The highest BCUT2D eigenvalue weighted by molar-refractivity contribution is 9.12. The molecule has 3 heteroatoms. The normalized spacial score (nSPS) is 12.4. The van der Waals surface area contributed by atoms with Crippen molar-refractivity contribution in [3.05, 3.63) is 22.8 Å². The van der Waals surface area contributed by atoms with Crippen LogP contribution in [0.3, 0.4) is 0 Å². The Morgan fingerprint density at radius 1 is 1.78 bits per heavy atom. The SMILES string of the molecule is C=C(N)/C=C(Br)\C=N/C. The molecule has 0 aromatic rings. The fourth-order valence-electron chi connectivity index (χ4n) is 0.338. The monoisotopic (exact) mass is 188 g/mol. The summed E-state index contributed by atoms with van der Waals surface area (Å²) in [7, 11) is 1.69. The van der Waals surface area contributed by atoms with Gasteiger partial charge in [-0.25, -0.2) is 0 Å². The standard InChI is InChI=1S/C6H9BrN2/c1-5(8)3-6(7)4-9-2/h3-4H,1,8H2,2H3/b6-3+,9-4-. The first-order valence-corrected chi connectivity index (χ1v) is 3.20. The van der Waals surface area contributed by atoms with Gasteiger partial charge in [0.15, 0.2) is 0 Å². The zero-order chi connectivity index (χ0) is 7.28. The minimum atomic E-state index is 0.516. The highest BCUT2D eigenvalue weighted by Gasteiger charge is 1.82. The molecular formula is C6H9BrN2. The van der Waals surface area contributed by atoms with Gasteiger partial charge < -0.3 is 5.73 Å². The van der Waals surface area contributed by atoms with Crippen molar-refractivity contribution in [1.82, 2.24) is 0 Å². The van der Waals surface area contributed by atoms with Gasteiger partial charge in [0.1, 0.15) is 0 Å². The summed E-state index contributed by atoms with van der Waals surface area (Å²) in [6.45, 7) is 3.49. The van der Waals surface area contributed by atoms with Gasteiger partial charge in [-0.05, 0) is 22.0 Å². The summed E-state index contributed by atoms with van der Waals surface area (Å²) in [5.41, 5.74) is 5.78. The minimum Gasteiger partial charge on any atom is -0.399 e. The lowest BCUT2D eigenvalue weighted by Gasteiger charge is -1.87. The Labute approximate surface area is 63.3 Å². The number of hydrogen-bond acceptors (Lipinski definition) is 2. The molecule has 0 aliphatic heterocycles. The van der Waals surface area contributed by atoms with E-state index in [1.165, 1.54) is 0 Å². The molecule has 0 fully saturated rings. The van der Waals surface area contributed by atoms with Crippen molar-refractivity contribution in [3.8, 4) is 0 Å². The van der Waals surface area contributed by atoms with Gasteiger partial charge in [-0.15, -0.1) is 0 Å². The van der Waals surface area contributed by atoms with Gasteiger partial charge in [0, 0.05) is 23.4 Å². The lowest BCUT2D eigenvalue weighted by atomic mass is 10.4. The average Bonchev–Trinajstić information content (AvgIpc) is 1.63. The third-order valence-electron chi connectivity index (χ3n) is 0.576. The van der Waals surface area contributed by atoms with Gasteiger partial charge in [-0.3, -0.25) is 4.99 Å². The Balaban J connectivity index is 4.00. The third-order valence-corrected chi connectivity index (χ3v) is 1.01. The molecule has 50 valence electrons. The molecule has 0 unspecified atom stereocenters. The number of nitrogens with two attached hydrogens (primary N) is 1. The second-order valence-electron chi connectivity index (χ2n) is 1.49. The zero-order valence-corrected chi connectivity index (χ0v) is 6.85. The van der Waals surface area contributed by atoms with E-state index in [4.69, 9.17) is 5.73 Å². The molecule has 0 spiro atoms. The van der Waals surface area contributed by atoms with E-state index in [2.05, 4.69) is 27.5 Å². The molecule has 0 radical (unpaired) electrons. The van der Waals surface area contributed by atoms with Gasteiger partial charge >= 0.3 is 0 Å². The number of aliphatic imine (C=N–C) groups is 1. The van der Waals surface area contributed by atoms with Crippen LogP contribution < -0.4 is 5.73 Å². The van der Waals surface area contributed by atoms with Crippen LogP contribution in [-0.2, 0) is 0 Å². The van der Waals surface area contributed by atoms with Crippen molar-refractivity contribution in [1.29, 1.82) is 0 Å². The van der Waals surface area contributed by atoms with Gasteiger partial charge in [-0.2, -0.15) is 0 Å². The maximum Gasteiger partial charge on any atom is 0.0373 e. The van der Waals surface area contributed by atoms with Crippen LogP contribution in [0.4, 0.5) is 0 Å². The molecule has 0 rings (SSSR count). The average molecular weight is 189 g/mol. The first kappa shape index (κ1) is 8.43. The number of hydrogen-bond donors (Lipinski definition) is 1. The lowest BCUT2D eigenvalue weighted by Crippen LogP contribution is -1.89. The molecule has 0 bridgehead atoms. The van der Waals surface area contributed by atoms with E-state index < -0.39 is 0 Å². The molecule has 9 heavy (non-hydrogen) atoms. The van der Waals surface area contributed by atoms with Gasteiger partial charge in [0.2, 0.25) is 0 Å². The van der Waals surface area contributed by atoms with Crippen molar-refractivity contribution < 1.29 is 0 Å². The second-order valence-corrected chi connectivity index (χ2v) is 2.41. The van der Waals surface area contributed by atoms with E-state index in [0.717, 1.165) is 4.48 Å². The number of allylic oxidation sites excluding steroid dienone is 2. The molecule has 0 saturated heterocycles. The summed E-state index contributed by atoms with van der Waals surface area (Å²) in [5.74, 6) is 0. The van der Waals surface area contributed by atoms with Crippen molar-refractivity contribution in [2.45, 2.75) is 0 Å². The van der Waals surface area contributed by atoms with Gasteiger partial charge in [0.05, 0.1) is 0 Å². The topological polar surface area (TPSA) is 38.4 Å². The van der Waals surface area contributed by atoms with Gasteiger partial charge in [-0.1, -0.05) is 6.58 Å². The van der Waals surface area contributed by atoms with Crippen molar-refractivity contribution in [3.63, 3.8) is 0 Å². The van der Waals surface area contributed by atoms with Crippen LogP contribution in [-0.4, -0.2) is 13.3 Å². The Hall–Kier alpha value is -0.570. The fraction of sp³-hybridized carbons (Fsp3) is 0.167. The highest BCUT2D eigenvalue weighted by atomic mass is 79.9. The molecule has 0 atom stereocenters. The molecule has 0 aliphatic rings. The predicted octanol–water partition coefficient (Wildman–Crippen LogP) is 1.44. The molecule has 0 amide bonds. The van der Waals surface area contributed by atoms with E-state index >= 15 is 0 Å². The molecular weight excluding hydrogens is 180 g/mol. The Morgan fingerprint density at radius 3 is 2.67 bits per heavy atom. The fourth-order valence-corrected chi connectivity index (χ4v) is 0.836. The Morgan fingerprint density at radius 2 is 2.33 bits per heavy atom. The zero-order valence-electron chi connectivity index (χ0n) is 5.26. The van der Waals surface area contributed by atoms with E-state index in [9.17, 15) is 0 Å². The van der Waals surface area contributed by atoms with Crippen molar-refractivity contribution in [2.75, 3.05) is 7.05 Å². The second kappa shape index (κ2) is 4.32. The van der Waals surface area contributed by atoms with E-state index in [1.54, 1.807) is 19.3 Å². The Kier molecular flexibility index (Phi) is 4.05. The van der Waals surface area contributed by atoms with Crippen molar-refractivity contribution in [2.24, 2.45) is 10.7 Å². The number of rotatable bonds is 2. The summed E-state index contributed by atoms with van der Waals surface area (Å²) >= 11 is 3.21. The molecule has 0 aromatic heterocycles. The first-order valence-electron chi connectivity index (χ1n) is 2.40. The smallest absolute Gasteiger partial charge is 0.0373 e. The molecule has 0 aliphatic carbocycles. The van der Waals surface area contributed by atoms with E-state index in [1.807, 2.05) is 0 Å². The van der Waals surface area contributed by atoms with Crippen LogP contribution >= 0.6 is 15.9 Å². The maximum absolute atomic E-state index is 5.26. The molecule has 0 aromatic carbocycles. The van der Waals surface area contributed by atoms with Crippen LogP contribution in [0.1, 0.15) is 0 Å². The number of nitrogens with zero attached hydrogens (tertiary/aromatic N) is 1. The summed E-state index contributed by atoms with van der Waals surface area (Å²) in [6, 6.07) is 0. The summed E-state index contributed by atoms with van der Waals surface area (Å²) in [6.07, 6.45) is 3.34. The van der Waals surface area contributed by atoms with Crippen LogP contribution in [0.15, 0.2) is 27.8 Å². The lowest BCUT2D eigenvalue weighted by molar-refractivity contribution is 1.44. The minimum absolute atomic E-state index is 0.516. The Bertz CT molecular complexity index is 158. The van der Waals surface area contributed by atoms with E-state index in [-0.39, 0.29) is 0 Å². The first-order chi connectivity index (χ1) is 4.16. The van der Waals surface area contributed by atoms with Crippen LogP contribution in [0.25, 0.3) is 0 Å². The summed E-state index contributed by atoms with van der Waals surface area (Å²) in [4.78, 5) is 3.75. The summed E-state index contributed by atoms with van der Waals surface area (Å²) in [5, 5.41) is 0. The maximum atomic E-state index is 5.26. The quantitative estimate of drug-likeness (QED) is 0.518.